The molecule has 2 aromatic rings. The average Bonchev–Trinajstić information content (AvgIpc) is 3.06. The van der Waals surface area contributed by atoms with Crippen molar-refractivity contribution in [3.8, 4) is 5.75 Å². The molecule has 0 fully saturated rings. The van der Waals surface area contributed by atoms with Crippen molar-refractivity contribution < 1.29 is 17.9 Å². The maximum atomic E-state index is 12.5. The van der Waals surface area contributed by atoms with Gasteiger partial charge in [-0.15, -0.1) is 37.1 Å². The van der Waals surface area contributed by atoms with Crippen LogP contribution in [0.5, 0.6) is 5.75 Å². The van der Waals surface area contributed by atoms with E-state index in [2.05, 4.69) is 20.4 Å². The van der Waals surface area contributed by atoms with Gasteiger partial charge in [0.15, 0.2) is 5.96 Å². The Hall–Kier alpha value is -1.91. The van der Waals surface area contributed by atoms with Gasteiger partial charge >= 0.3 is 6.36 Å². The molecule has 0 atom stereocenters. The molecular formula is C17H22F3IN4O. The smallest absolute Gasteiger partial charge is 0.405 e. The lowest BCUT2D eigenvalue weighted by Crippen LogP contribution is -2.38. The fourth-order valence-corrected chi connectivity index (χ4v) is 2.19. The second-order valence-electron chi connectivity index (χ2n) is 5.20. The minimum Gasteiger partial charge on any atom is -0.405 e. The van der Waals surface area contributed by atoms with Crippen molar-refractivity contribution in [2.75, 3.05) is 13.1 Å². The number of aromatic nitrogens is 1. The molecule has 1 heterocycles. The minimum atomic E-state index is -4.72. The van der Waals surface area contributed by atoms with Crippen LogP contribution in [0.15, 0.2) is 53.8 Å². The lowest BCUT2D eigenvalue weighted by atomic mass is 10.2. The van der Waals surface area contributed by atoms with Crippen molar-refractivity contribution in [1.29, 1.82) is 0 Å². The summed E-state index contributed by atoms with van der Waals surface area (Å²) in [5.41, 5.74) is 0.363. The number of nitrogens with one attached hydrogen (secondary N) is 2. The number of aliphatic imine (C=N–C) groups is 1. The molecule has 0 saturated carbocycles. The Bertz CT molecular complexity index is 675. The van der Waals surface area contributed by atoms with Crippen LogP contribution < -0.4 is 15.4 Å². The Morgan fingerprint density at radius 1 is 1.12 bits per heavy atom. The van der Waals surface area contributed by atoms with Crippen LogP contribution in [0.2, 0.25) is 0 Å². The number of alkyl halides is 3. The average molecular weight is 482 g/mol. The zero-order valence-corrected chi connectivity index (χ0v) is 16.6. The van der Waals surface area contributed by atoms with E-state index in [9.17, 15) is 13.2 Å². The molecule has 0 amide bonds. The van der Waals surface area contributed by atoms with Gasteiger partial charge in [0, 0.05) is 37.6 Å². The van der Waals surface area contributed by atoms with Gasteiger partial charge in [0.2, 0.25) is 0 Å². The maximum Gasteiger partial charge on any atom is 0.573 e. The Morgan fingerprint density at radius 2 is 1.81 bits per heavy atom. The van der Waals surface area contributed by atoms with E-state index in [4.69, 9.17) is 0 Å². The van der Waals surface area contributed by atoms with Crippen molar-refractivity contribution in [3.63, 3.8) is 0 Å². The van der Waals surface area contributed by atoms with Gasteiger partial charge in [0.1, 0.15) is 5.75 Å². The third kappa shape index (κ3) is 7.98. The normalized spacial score (nSPS) is 11.6. The van der Waals surface area contributed by atoms with Crippen molar-refractivity contribution >= 4 is 29.9 Å². The molecule has 0 aliphatic rings. The Morgan fingerprint density at radius 3 is 2.46 bits per heavy atom. The first kappa shape index (κ1) is 22.1. The van der Waals surface area contributed by atoms with E-state index < -0.39 is 6.36 Å². The Kier molecular flexibility index (Phi) is 9.31. The lowest BCUT2D eigenvalue weighted by Gasteiger charge is -2.14. The van der Waals surface area contributed by atoms with Gasteiger partial charge in [-0.05, 0) is 25.1 Å². The second-order valence-corrected chi connectivity index (χ2v) is 5.20. The zero-order valence-electron chi connectivity index (χ0n) is 14.3. The molecule has 1 aromatic carbocycles. The monoisotopic (exact) mass is 482 g/mol. The molecule has 0 unspecified atom stereocenters. The number of rotatable bonds is 7. The van der Waals surface area contributed by atoms with Crippen molar-refractivity contribution in [2.24, 2.45) is 4.99 Å². The number of ether oxygens (including phenoxy) is 1. The van der Waals surface area contributed by atoms with Gasteiger partial charge in [0.05, 0.1) is 6.54 Å². The predicted octanol–water partition coefficient (Wildman–Crippen LogP) is 3.76. The summed E-state index contributed by atoms with van der Waals surface area (Å²) in [6.45, 7) is 4.04. The van der Waals surface area contributed by atoms with Crippen LogP contribution in [-0.4, -0.2) is 30.0 Å². The fourth-order valence-electron chi connectivity index (χ4n) is 2.19. The van der Waals surface area contributed by atoms with E-state index in [0.717, 1.165) is 6.54 Å². The van der Waals surface area contributed by atoms with Crippen LogP contribution in [0.4, 0.5) is 13.2 Å². The van der Waals surface area contributed by atoms with Crippen LogP contribution >= 0.6 is 24.0 Å². The first-order valence-corrected chi connectivity index (χ1v) is 7.94. The summed E-state index contributed by atoms with van der Waals surface area (Å²) in [6.07, 6.45) is -0.813. The Labute approximate surface area is 167 Å². The molecule has 0 saturated heterocycles. The van der Waals surface area contributed by atoms with Gasteiger partial charge in [-0.2, -0.15) is 0 Å². The third-order valence-electron chi connectivity index (χ3n) is 3.28. The van der Waals surface area contributed by atoms with Crippen LogP contribution in [0, 0.1) is 0 Å². The highest BCUT2D eigenvalue weighted by Gasteiger charge is 2.31. The van der Waals surface area contributed by atoms with Gasteiger partial charge < -0.3 is 19.9 Å². The summed E-state index contributed by atoms with van der Waals surface area (Å²) < 4.78 is 43.4. The van der Waals surface area contributed by atoms with Crippen molar-refractivity contribution in [1.82, 2.24) is 15.2 Å². The highest BCUT2D eigenvalue weighted by Crippen LogP contribution is 2.26. The summed E-state index contributed by atoms with van der Waals surface area (Å²) in [5.74, 6) is 0.304. The van der Waals surface area contributed by atoms with Crippen molar-refractivity contribution in [2.45, 2.75) is 26.4 Å². The molecule has 5 nitrogen and oxygen atoms in total. The van der Waals surface area contributed by atoms with Crippen LogP contribution in [0.3, 0.4) is 0 Å². The molecule has 2 rings (SSSR count). The molecular weight excluding hydrogens is 460 g/mol. The van der Waals surface area contributed by atoms with Gasteiger partial charge in [0.25, 0.3) is 0 Å². The highest BCUT2D eigenvalue weighted by molar-refractivity contribution is 14.0. The SMILES string of the molecule is CCNC(=NCc1ccccc1OC(F)(F)F)NCCn1cccc1.I. The van der Waals surface area contributed by atoms with E-state index in [-0.39, 0.29) is 36.3 Å². The Balaban J connectivity index is 0.00000338. The molecule has 0 spiro atoms. The molecule has 0 radical (unpaired) electrons. The van der Waals surface area contributed by atoms with E-state index in [0.29, 0.717) is 24.6 Å². The lowest BCUT2D eigenvalue weighted by molar-refractivity contribution is -0.274. The molecule has 0 aliphatic carbocycles. The van der Waals surface area contributed by atoms with Gasteiger partial charge in [-0.1, -0.05) is 18.2 Å². The van der Waals surface area contributed by atoms with Crippen molar-refractivity contribution in [3.05, 3.63) is 54.4 Å². The first-order valence-electron chi connectivity index (χ1n) is 7.94. The summed E-state index contributed by atoms with van der Waals surface area (Å²) in [5, 5.41) is 6.22. The molecule has 2 N–H and O–H groups in total. The zero-order chi connectivity index (χ0) is 18.1. The molecule has 26 heavy (non-hydrogen) atoms. The van der Waals surface area contributed by atoms with Crippen LogP contribution in [0.1, 0.15) is 12.5 Å². The van der Waals surface area contributed by atoms with Gasteiger partial charge in [-0.25, -0.2) is 4.99 Å². The van der Waals surface area contributed by atoms with E-state index in [1.165, 1.54) is 12.1 Å². The standard InChI is InChI=1S/C17H21F3N4O.HI/c1-2-21-16(22-9-12-24-10-5-6-11-24)23-13-14-7-3-4-8-15(14)25-17(18,19)20;/h3-8,10-11H,2,9,12-13H2,1H3,(H2,21,22,23);1H. The molecule has 0 bridgehead atoms. The molecule has 9 heteroatoms. The molecule has 144 valence electrons. The van der Waals surface area contributed by atoms with E-state index >= 15 is 0 Å². The summed E-state index contributed by atoms with van der Waals surface area (Å²) in [4.78, 5) is 4.33. The number of benzene rings is 1. The summed E-state index contributed by atoms with van der Waals surface area (Å²) in [7, 11) is 0. The van der Waals surface area contributed by atoms with Crippen LogP contribution in [-0.2, 0) is 13.1 Å². The number of nitrogens with zero attached hydrogens (tertiary/aromatic N) is 2. The summed E-state index contributed by atoms with van der Waals surface area (Å²) in [6, 6.07) is 9.88. The third-order valence-corrected chi connectivity index (χ3v) is 3.28. The van der Waals surface area contributed by atoms with Crippen LogP contribution in [0.25, 0.3) is 0 Å². The highest BCUT2D eigenvalue weighted by atomic mass is 127. The van der Waals surface area contributed by atoms with Gasteiger partial charge in [-0.3, -0.25) is 0 Å². The molecule has 0 aliphatic heterocycles. The van der Waals surface area contributed by atoms with E-state index in [1.54, 1.807) is 12.1 Å². The summed E-state index contributed by atoms with van der Waals surface area (Å²) >= 11 is 0. The number of hydrogen-bond donors (Lipinski definition) is 2. The minimum absolute atomic E-state index is 0. The van der Waals surface area contributed by atoms with E-state index in [1.807, 2.05) is 36.0 Å². The number of halogens is 4. The molecule has 1 aromatic heterocycles. The first-order chi connectivity index (χ1) is 12.0. The quantitative estimate of drug-likeness (QED) is 0.359. The fraction of sp³-hybridized carbons (Fsp3) is 0.353. The second kappa shape index (κ2) is 10.9. The topological polar surface area (TPSA) is 50.6 Å². The number of para-hydroxylation sites is 1. The predicted molar refractivity (Wildman–Crippen MR) is 106 cm³/mol. The number of hydrogen-bond acceptors (Lipinski definition) is 2. The largest absolute Gasteiger partial charge is 0.573 e. The maximum absolute atomic E-state index is 12.5. The number of guanidine groups is 1.